The molecule has 0 radical (unpaired) electrons. The second-order valence-electron chi connectivity index (χ2n) is 8.64. The topological polar surface area (TPSA) is 112 Å². The van der Waals surface area contributed by atoms with E-state index in [1.807, 2.05) is 18.2 Å². The van der Waals surface area contributed by atoms with E-state index in [0.29, 0.717) is 12.2 Å². The first-order chi connectivity index (χ1) is 17.1. The molecule has 0 bridgehead atoms. The fraction of sp³-hybridized carbons (Fsp3) is 0.346. The second-order valence-corrected chi connectivity index (χ2v) is 8.64. The average molecular weight is 474 g/mol. The Labute approximate surface area is 202 Å². The normalized spacial score (nSPS) is 13.9. The summed E-state index contributed by atoms with van der Waals surface area (Å²) in [5.74, 6) is -0.206. The molecule has 0 spiro atoms. The Hall–Kier alpha value is -4.01. The van der Waals surface area contributed by atoms with Crippen molar-refractivity contribution in [3.8, 4) is 11.8 Å². The molecule has 1 N–H and O–H groups in total. The molecule has 1 aliphatic carbocycles. The van der Waals surface area contributed by atoms with Crippen molar-refractivity contribution in [3.63, 3.8) is 0 Å². The zero-order valence-corrected chi connectivity index (χ0v) is 19.6. The van der Waals surface area contributed by atoms with Crippen LogP contribution in [0, 0.1) is 0 Å². The van der Waals surface area contributed by atoms with Crippen molar-refractivity contribution >= 4 is 16.9 Å². The van der Waals surface area contributed by atoms with Crippen molar-refractivity contribution < 1.29 is 19.4 Å². The SMILES string of the molecule is COc1ncc([C@H](CC(=O)O)n2ncc3cc(OCCc4ccc5c(n4)CCCC5)ccc32)cn1. The highest BCUT2D eigenvalue weighted by Crippen LogP contribution is 2.28. The lowest BCUT2D eigenvalue weighted by Gasteiger charge is -2.17. The molecule has 0 saturated carbocycles. The molecule has 1 aromatic carbocycles. The van der Waals surface area contributed by atoms with Crippen LogP contribution in [-0.2, 0) is 24.1 Å². The minimum atomic E-state index is -0.940. The van der Waals surface area contributed by atoms with Crippen LogP contribution in [0.25, 0.3) is 10.9 Å². The minimum absolute atomic E-state index is 0.154. The van der Waals surface area contributed by atoms with Crippen molar-refractivity contribution in [3.05, 3.63) is 71.4 Å². The zero-order chi connectivity index (χ0) is 24.2. The number of aryl methyl sites for hydroxylation is 2. The molecule has 5 rings (SSSR count). The number of carbonyl (C=O) groups is 1. The summed E-state index contributed by atoms with van der Waals surface area (Å²) in [5, 5.41) is 14.8. The van der Waals surface area contributed by atoms with Gasteiger partial charge in [-0.25, -0.2) is 9.97 Å². The summed E-state index contributed by atoms with van der Waals surface area (Å²) in [6.45, 7) is 0.524. The van der Waals surface area contributed by atoms with Gasteiger partial charge in [0.1, 0.15) is 5.75 Å². The summed E-state index contributed by atoms with van der Waals surface area (Å²) >= 11 is 0. The summed E-state index contributed by atoms with van der Waals surface area (Å²) in [4.78, 5) is 24.6. The van der Waals surface area contributed by atoms with Crippen LogP contribution in [0.3, 0.4) is 0 Å². The van der Waals surface area contributed by atoms with Crippen LogP contribution in [0.4, 0.5) is 0 Å². The number of pyridine rings is 1. The molecule has 35 heavy (non-hydrogen) atoms. The standard InChI is InChI=1S/C26H27N5O4/c1-34-26-27-14-19(15-28-26)24(13-25(32)33)31-23-9-8-21(12-18(23)16-29-31)35-11-10-20-7-6-17-4-2-3-5-22(17)30-20/h6-9,12,14-16,24H,2-5,10-11,13H2,1H3,(H,32,33)/t24-/m0/s1. The Bertz CT molecular complexity index is 1340. The average Bonchev–Trinajstić information content (AvgIpc) is 3.30. The smallest absolute Gasteiger partial charge is 0.316 e. The third kappa shape index (κ3) is 5.08. The maximum absolute atomic E-state index is 11.6. The number of benzene rings is 1. The van der Waals surface area contributed by atoms with Crippen molar-refractivity contribution in [2.45, 2.75) is 44.6 Å². The molecule has 0 unspecified atom stereocenters. The number of aromatic nitrogens is 5. The first kappa shape index (κ1) is 22.8. The summed E-state index contributed by atoms with van der Waals surface area (Å²) in [6.07, 6.45) is 10.1. The molecule has 3 aromatic heterocycles. The molecule has 180 valence electrons. The third-order valence-corrected chi connectivity index (χ3v) is 6.31. The van der Waals surface area contributed by atoms with E-state index in [4.69, 9.17) is 14.5 Å². The number of ether oxygens (including phenoxy) is 2. The number of methoxy groups -OCH3 is 1. The first-order valence-electron chi connectivity index (χ1n) is 11.8. The molecule has 0 saturated heterocycles. The Morgan fingerprint density at radius 3 is 2.74 bits per heavy atom. The van der Waals surface area contributed by atoms with Crippen LogP contribution in [-0.4, -0.2) is 49.5 Å². The quantitative estimate of drug-likeness (QED) is 0.391. The fourth-order valence-electron chi connectivity index (χ4n) is 4.52. The Kier molecular flexibility index (Phi) is 6.56. The van der Waals surface area contributed by atoms with Gasteiger partial charge in [-0.15, -0.1) is 0 Å². The molecular formula is C26H27N5O4. The molecule has 3 heterocycles. The van der Waals surface area contributed by atoms with E-state index in [1.165, 1.54) is 31.2 Å². The number of carboxylic acids is 1. The fourth-order valence-corrected chi connectivity index (χ4v) is 4.52. The van der Waals surface area contributed by atoms with Gasteiger partial charge in [-0.2, -0.15) is 5.10 Å². The second kappa shape index (κ2) is 10.1. The molecule has 9 nitrogen and oxygen atoms in total. The molecule has 9 heteroatoms. The number of nitrogens with zero attached hydrogens (tertiary/aromatic N) is 5. The van der Waals surface area contributed by atoms with Crippen LogP contribution >= 0.6 is 0 Å². The van der Waals surface area contributed by atoms with Gasteiger partial charge in [0.15, 0.2) is 0 Å². The van der Waals surface area contributed by atoms with Gasteiger partial charge in [0.2, 0.25) is 0 Å². The first-order valence-corrected chi connectivity index (χ1v) is 11.8. The Morgan fingerprint density at radius 2 is 1.94 bits per heavy atom. The summed E-state index contributed by atoms with van der Waals surface area (Å²) in [6, 6.07) is 9.67. The maximum Gasteiger partial charge on any atom is 0.316 e. The predicted molar refractivity (Wildman–Crippen MR) is 129 cm³/mol. The van der Waals surface area contributed by atoms with Crippen molar-refractivity contribution in [1.82, 2.24) is 24.7 Å². The molecule has 1 atom stereocenters. The van der Waals surface area contributed by atoms with Crippen molar-refractivity contribution in [1.29, 1.82) is 0 Å². The van der Waals surface area contributed by atoms with E-state index in [1.54, 1.807) is 23.3 Å². The van der Waals surface area contributed by atoms with Crippen LogP contribution in [0.1, 0.15) is 47.8 Å². The summed E-state index contributed by atoms with van der Waals surface area (Å²) < 4.78 is 12.7. The number of rotatable bonds is 9. The largest absolute Gasteiger partial charge is 0.493 e. The minimum Gasteiger partial charge on any atom is -0.493 e. The van der Waals surface area contributed by atoms with Gasteiger partial charge >= 0.3 is 12.0 Å². The van der Waals surface area contributed by atoms with E-state index < -0.39 is 12.0 Å². The summed E-state index contributed by atoms with van der Waals surface area (Å²) in [5.41, 5.74) is 5.11. The Morgan fingerprint density at radius 1 is 1.11 bits per heavy atom. The van der Waals surface area contributed by atoms with Crippen LogP contribution in [0.5, 0.6) is 11.8 Å². The van der Waals surface area contributed by atoms with E-state index >= 15 is 0 Å². The van der Waals surface area contributed by atoms with E-state index in [-0.39, 0.29) is 12.4 Å². The molecule has 0 aliphatic heterocycles. The zero-order valence-electron chi connectivity index (χ0n) is 19.6. The highest BCUT2D eigenvalue weighted by atomic mass is 16.5. The van der Waals surface area contributed by atoms with Gasteiger partial charge in [0, 0.05) is 41.2 Å². The number of aliphatic carboxylic acids is 1. The van der Waals surface area contributed by atoms with Gasteiger partial charge in [0.05, 0.1) is 37.9 Å². The number of carboxylic acid groups (broad SMARTS) is 1. The van der Waals surface area contributed by atoms with E-state index in [2.05, 4.69) is 27.2 Å². The molecule has 0 amide bonds. The third-order valence-electron chi connectivity index (χ3n) is 6.31. The lowest BCUT2D eigenvalue weighted by Crippen LogP contribution is -2.17. The predicted octanol–water partition coefficient (Wildman–Crippen LogP) is 3.79. The lowest BCUT2D eigenvalue weighted by molar-refractivity contribution is -0.137. The van der Waals surface area contributed by atoms with Crippen LogP contribution in [0.15, 0.2) is 48.9 Å². The van der Waals surface area contributed by atoms with Gasteiger partial charge in [-0.1, -0.05) is 6.07 Å². The molecule has 4 aromatic rings. The van der Waals surface area contributed by atoms with Gasteiger partial charge in [0.25, 0.3) is 0 Å². The number of hydrogen-bond donors (Lipinski definition) is 1. The molecule has 0 fully saturated rings. The highest BCUT2D eigenvalue weighted by Gasteiger charge is 2.22. The van der Waals surface area contributed by atoms with Gasteiger partial charge in [-0.3, -0.25) is 14.5 Å². The number of fused-ring (bicyclic) bond motifs is 2. The van der Waals surface area contributed by atoms with Gasteiger partial charge in [-0.05, 0) is 55.5 Å². The molecule has 1 aliphatic rings. The van der Waals surface area contributed by atoms with Gasteiger partial charge < -0.3 is 14.6 Å². The van der Waals surface area contributed by atoms with Crippen molar-refractivity contribution in [2.75, 3.05) is 13.7 Å². The van der Waals surface area contributed by atoms with Crippen LogP contribution < -0.4 is 9.47 Å². The summed E-state index contributed by atoms with van der Waals surface area (Å²) in [7, 11) is 1.48. The van der Waals surface area contributed by atoms with Crippen molar-refractivity contribution in [2.24, 2.45) is 0 Å². The monoisotopic (exact) mass is 473 g/mol. The number of hydrogen-bond acceptors (Lipinski definition) is 7. The lowest BCUT2D eigenvalue weighted by atomic mass is 9.96. The van der Waals surface area contributed by atoms with Crippen LogP contribution in [0.2, 0.25) is 0 Å². The highest BCUT2D eigenvalue weighted by molar-refractivity contribution is 5.81. The van der Waals surface area contributed by atoms with E-state index in [0.717, 1.165) is 41.6 Å². The molecular weight excluding hydrogens is 446 g/mol. The Balaban J connectivity index is 1.30. The van der Waals surface area contributed by atoms with E-state index in [9.17, 15) is 9.90 Å². The maximum atomic E-state index is 11.6.